The van der Waals surface area contributed by atoms with Crippen molar-refractivity contribution in [1.82, 2.24) is 5.32 Å². The van der Waals surface area contributed by atoms with Gasteiger partial charge in [0.05, 0.1) is 0 Å². The maximum atomic E-state index is 13.2. The van der Waals surface area contributed by atoms with E-state index in [-0.39, 0.29) is 12.1 Å². The van der Waals surface area contributed by atoms with E-state index in [4.69, 9.17) is 0 Å². The summed E-state index contributed by atoms with van der Waals surface area (Å²) in [6, 6.07) is 3.93. The van der Waals surface area contributed by atoms with E-state index >= 15 is 0 Å². The minimum absolute atomic E-state index is 0.116. The Morgan fingerprint density at radius 2 is 1.93 bits per heavy atom. The lowest BCUT2D eigenvalue weighted by Gasteiger charge is -2.10. The van der Waals surface area contributed by atoms with Crippen LogP contribution in [-0.4, -0.2) is 18.1 Å². The maximum Gasteiger partial charge on any atom is 0.130 e. The third kappa shape index (κ3) is 3.80. The molecule has 0 spiro atoms. The molecule has 1 rings (SSSR count). The second-order valence-electron chi connectivity index (χ2n) is 3.38. The molecule has 0 saturated carbocycles. The third-order valence-electron chi connectivity index (χ3n) is 2.20. The van der Waals surface area contributed by atoms with Gasteiger partial charge in [0, 0.05) is 23.9 Å². The molecule has 0 saturated heterocycles. The monoisotopic (exact) mass is 231 g/mol. The Balaban J connectivity index is 2.50. The van der Waals surface area contributed by atoms with Gasteiger partial charge in [0.1, 0.15) is 11.6 Å². The van der Waals surface area contributed by atoms with Crippen LogP contribution in [-0.2, 0) is 6.54 Å². The lowest BCUT2D eigenvalue weighted by atomic mass is 10.2. The molecular formula is C11H15F2NS. The van der Waals surface area contributed by atoms with Crippen LogP contribution in [0.1, 0.15) is 12.5 Å². The molecule has 1 atom stereocenters. The molecule has 1 aromatic carbocycles. The Morgan fingerprint density at radius 3 is 2.47 bits per heavy atom. The van der Waals surface area contributed by atoms with Crippen molar-refractivity contribution in [2.75, 3.05) is 12.8 Å². The Morgan fingerprint density at radius 1 is 1.33 bits per heavy atom. The van der Waals surface area contributed by atoms with E-state index in [0.29, 0.717) is 5.25 Å². The fourth-order valence-corrected chi connectivity index (χ4v) is 1.47. The smallest absolute Gasteiger partial charge is 0.130 e. The number of rotatable bonds is 5. The predicted octanol–water partition coefficient (Wildman–Crippen LogP) is 2.81. The van der Waals surface area contributed by atoms with E-state index < -0.39 is 11.6 Å². The van der Waals surface area contributed by atoms with E-state index in [1.807, 2.05) is 6.26 Å². The molecule has 1 N–H and O–H groups in total. The molecule has 0 fully saturated rings. The zero-order valence-electron chi connectivity index (χ0n) is 8.89. The Bertz CT molecular complexity index is 297. The molecule has 15 heavy (non-hydrogen) atoms. The topological polar surface area (TPSA) is 12.0 Å². The lowest BCUT2D eigenvalue weighted by Crippen LogP contribution is -2.23. The largest absolute Gasteiger partial charge is 0.311 e. The zero-order valence-corrected chi connectivity index (χ0v) is 9.70. The van der Waals surface area contributed by atoms with Crippen LogP contribution in [0.4, 0.5) is 8.78 Å². The molecule has 0 aromatic heterocycles. The van der Waals surface area contributed by atoms with Crippen molar-refractivity contribution >= 4 is 11.8 Å². The second-order valence-corrected chi connectivity index (χ2v) is 4.65. The highest BCUT2D eigenvalue weighted by atomic mass is 32.2. The van der Waals surface area contributed by atoms with Crippen LogP contribution in [0.2, 0.25) is 0 Å². The predicted molar refractivity (Wildman–Crippen MR) is 61.0 cm³/mol. The van der Waals surface area contributed by atoms with Crippen molar-refractivity contribution in [3.63, 3.8) is 0 Å². The molecule has 0 aliphatic rings. The van der Waals surface area contributed by atoms with Crippen molar-refractivity contribution in [2.24, 2.45) is 0 Å². The van der Waals surface area contributed by atoms with Gasteiger partial charge in [-0.15, -0.1) is 0 Å². The summed E-state index contributed by atoms with van der Waals surface area (Å²) >= 11 is 1.72. The standard InChI is InChI=1S/C11H15F2NS/c1-8(15-2)6-14-7-9-10(12)4-3-5-11(9)13/h3-5,8,14H,6-7H2,1-2H3. The minimum Gasteiger partial charge on any atom is -0.311 e. The first kappa shape index (κ1) is 12.5. The Kier molecular flexibility index (Phi) is 5.05. The van der Waals surface area contributed by atoms with E-state index in [2.05, 4.69) is 12.2 Å². The summed E-state index contributed by atoms with van der Waals surface area (Å²) in [6.45, 7) is 3.05. The number of benzene rings is 1. The molecule has 0 heterocycles. The van der Waals surface area contributed by atoms with Gasteiger partial charge in [-0.25, -0.2) is 8.78 Å². The molecule has 1 nitrogen and oxygen atoms in total. The highest BCUT2D eigenvalue weighted by molar-refractivity contribution is 7.99. The summed E-state index contributed by atoms with van der Waals surface area (Å²) < 4.78 is 26.3. The van der Waals surface area contributed by atoms with Crippen molar-refractivity contribution in [2.45, 2.75) is 18.7 Å². The van der Waals surface area contributed by atoms with Gasteiger partial charge in [0.2, 0.25) is 0 Å². The summed E-state index contributed by atoms with van der Waals surface area (Å²) in [5.41, 5.74) is 0.116. The van der Waals surface area contributed by atoms with Crippen molar-refractivity contribution in [3.05, 3.63) is 35.4 Å². The molecule has 4 heteroatoms. The first-order chi connectivity index (χ1) is 7.15. The normalized spacial score (nSPS) is 12.8. The van der Waals surface area contributed by atoms with Gasteiger partial charge in [0.15, 0.2) is 0 Å². The van der Waals surface area contributed by atoms with Crippen LogP contribution in [0, 0.1) is 11.6 Å². The van der Waals surface area contributed by atoms with Crippen LogP contribution >= 0.6 is 11.8 Å². The van der Waals surface area contributed by atoms with Crippen molar-refractivity contribution in [3.8, 4) is 0 Å². The zero-order chi connectivity index (χ0) is 11.3. The Labute approximate surface area is 93.3 Å². The number of hydrogen-bond donors (Lipinski definition) is 1. The van der Waals surface area contributed by atoms with E-state index in [1.54, 1.807) is 11.8 Å². The molecule has 84 valence electrons. The molecule has 0 bridgehead atoms. The average Bonchev–Trinajstić information content (AvgIpc) is 2.22. The fourth-order valence-electron chi connectivity index (χ4n) is 1.18. The molecule has 1 unspecified atom stereocenters. The van der Waals surface area contributed by atoms with Crippen LogP contribution in [0.3, 0.4) is 0 Å². The van der Waals surface area contributed by atoms with Gasteiger partial charge in [-0.1, -0.05) is 13.0 Å². The Hall–Kier alpha value is -0.610. The lowest BCUT2D eigenvalue weighted by molar-refractivity contribution is 0.536. The molecule has 1 aromatic rings. The molecule has 0 amide bonds. The molecule has 0 aliphatic carbocycles. The molecule has 0 aliphatic heterocycles. The first-order valence-corrected chi connectivity index (χ1v) is 6.10. The van der Waals surface area contributed by atoms with Crippen molar-refractivity contribution in [1.29, 1.82) is 0 Å². The average molecular weight is 231 g/mol. The van der Waals surface area contributed by atoms with E-state index in [0.717, 1.165) is 6.54 Å². The highest BCUT2D eigenvalue weighted by Crippen LogP contribution is 2.11. The number of halogens is 2. The van der Waals surface area contributed by atoms with Gasteiger partial charge in [-0.2, -0.15) is 11.8 Å². The van der Waals surface area contributed by atoms with Gasteiger partial charge in [0.25, 0.3) is 0 Å². The fraction of sp³-hybridized carbons (Fsp3) is 0.455. The quantitative estimate of drug-likeness (QED) is 0.836. The van der Waals surface area contributed by atoms with Crippen LogP contribution < -0.4 is 5.32 Å². The van der Waals surface area contributed by atoms with Crippen LogP contribution in [0.25, 0.3) is 0 Å². The first-order valence-electron chi connectivity index (χ1n) is 4.81. The summed E-state index contributed by atoms with van der Waals surface area (Å²) in [7, 11) is 0. The highest BCUT2D eigenvalue weighted by Gasteiger charge is 2.07. The van der Waals surface area contributed by atoms with Crippen LogP contribution in [0.5, 0.6) is 0 Å². The van der Waals surface area contributed by atoms with E-state index in [1.165, 1.54) is 18.2 Å². The SMILES string of the molecule is CSC(C)CNCc1c(F)cccc1F. The van der Waals surface area contributed by atoms with E-state index in [9.17, 15) is 8.78 Å². The minimum atomic E-state index is -0.487. The summed E-state index contributed by atoms with van der Waals surface area (Å²) in [6.07, 6.45) is 2.01. The summed E-state index contributed by atoms with van der Waals surface area (Å²) in [5.74, 6) is -0.974. The van der Waals surface area contributed by atoms with Crippen LogP contribution in [0.15, 0.2) is 18.2 Å². The number of hydrogen-bond acceptors (Lipinski definition) is 2. The molecular weight excluding hydrogens is 216 g/mol. The summed E-state index contributed by atoms with van der Waals surface area (Å²) in [5, 5.41) is 3.48. The van der Waals surface area contributed by atoms with Gasteiger partial charge in [-0.05, 0) is 18.4 Å². The number of nitrogens with one attached hydrogen (secondary N) is 1. The summed E-state index contributed by atoms with van der Waals surface area (Å²) in [4.78, 5) is 0. The van der Waals surface area contributed by atoms with Gasteiger partial charge in [-0.3, -0.25) is 0 Å². The third-order valence-corrected chi connectivity index (χ3v) is 3.17. The molecule has 0 radical (unpaired) electrons. The second kappa shape index (κ2) is 6.08. The van der Waals surface area contributed by atoms with Crippen molar-refractivity contribution < 1.29 is 8.78 Å². The number of thioether (sulfide) groups is 1. The van der Waals surface area contributed by atoms with Gasteiger partial charge >= 0.3 is 0 Å². The maximum absolute atomic E-state index is 13.2. The van der Waals surface area contributed by atoms with Gasteiger partial charge < -0.3 is 5.32 Å².